The molecule has 0 aliphatic heterocycles. The lowest BCUT2D eigenvalue weighted by Crippen LogP contribution is -2.10. The van der Waals surface area contributed by atoms with E-state index in [9.17, 15) is 18.9 Å². The quantitative estimate of drug-likeness (QED) is 0.678. The standard InChI is InChI=1S/C14H12F2N2O2/c1-9(10-5-4-6-11(15)14(10)16)17-12-7-2-3-8-13(12)18(19)20/h2-9,17H,1H3. The highest BCUT2D eigenvalue weighted by Gasteiger charge is 2.18. The summed E-state index contributed by atoms with van der Waals surface area (Å²) in [5.74, 6) is -1.90. The van der Waals surface area contributed by atoms with Crippen molar-refractivity contribution in [1.29, 1.82) is 0 Å². The molecule has 2 aromatic carbocycles. The van der Waals surface area contributed by atoms with E-state index in [2.05, 4.69) is 5.32 Å². The van der Waals surface area contributed by atoms with Crippen LogP contribution in [0.15, 0.2) is 42.5 Å². The monoisotopic (exact) mass is 278 g/mol. The summed E-state index contributed by atoms with van der Waals surface area (Å²) in [7, 11) is 0. The van der Waals surface area contributed by atoms with Crippen LogP contribution in [0.5, 0.6) is 0 Å². The lowest BCUT2D eigenvalue weighted by atomic mass is 10.1. The number of hydrogen-bond donors (Lipinski definition) is 1. The molecular weight excluding hydrogens is 266 g/mol. The van der Waals surface area contributed by atoms with Crippen LogP contribution < -0.4 is 5.32 Å². The Hall–Kier alpha value is -2.50. The molecule has 0 amide bonds. The fourth-order valence-electron chi connectivity index (χ4n) is 1.92. The smallest absolute Gasteiger partial charge is 0.292 e. The molecule has 0 fully saturated rings. The van der Waals surface area contributed by atoms with E-state index in [1.54, 1.807) is 13.0 Å². The zero-order valence-corrected chi connectivity index (χ0v) is 10.6. The van der Waals surface area contributed by atoms with Crippen molar-refractivity contribution in [1.82, 2.24) is 0 Å². The first kappa shape index (κ1) is 13.9. The molecule has 1 atom stereocenters. The number of para-hydroxylation sites is 2. The third kappa shape index (κ3) is 2.74. The second-order valence-electron chi connectivity index (χ2n) is 4.28. The number of nitrogens with one attached hydrogen (secondary N) is 1. The third-order valence-electron chi connectivity index (χ3n) is 2.92. The van der Waals surface area contributed by atoms with Crippen LogP contribution in [0.25, 0.3) is 0 Å². The second kappa shape index (κ2) is 5.64. The highest BCUT2D eigenvalue weighted by Crippen LogP contribution is 2.28. The number of nitro groups is 1. The van der Waals surface area contributed by atoms with Gasteiger partial charge < -0.3 is 5.32 Å². The molecule has 0 heterocycles. The van der Waals surface area contributed by atoms with Crippen LogP contribution in [-0.2, 0) is 0 Å². The van der Waals surface area contributed by atoms with E-state index in [1.165, 1.54) is 30.3 Å². The minimum atomic E-state index is -0.953. The van der Waals surface area contributed by atoms with Crippen molar-refractivity contribution in [2.45, 2.75) is 13.0 Å². The second-order valence-corrected chi connectivity index (χ2v) is 4.28. The SMILES string of the molecule is CC(Nc1ccccc1[N+](=O)[O-])c1cccc(F)c1F. The molecule has 0 aliphatic carbocycles. The first-order chi connectivity index (χ1) is 9.50. The van der Waals surface area contributed by atoms with E-state index >= 15 is 0 Å². The summed E-state index contributed by atoms with van der Waals surface area (Å²) in [5, 5.41) is 13.7. The van der Waals surface area contributed by atoms with Crippen LogP contribution in [0.3, 0.4) is 0 Å². The van der Waals surface area contributed by atoms with E-state index in [4.69, 9.17) is 0 Å². The van der Waals surface area contributed by atoms with Crippen LogP contribution in [-0.4, -0.2) is 4.92 Å². The Kier molecular flexibility index (Phi) is 3.93. The van der Waals surface area contributed by atoms with Crippen molar-refractivity contribution >= 4 is 11.4 Å². The maximum atomic E-state index is 13.7. The summed E-state index contributed by atoms with van der Waals surface area (Å²) < 4.78 is 26.8. The van der Waals surface area contributed by atoms with Gasteiger partial charge in [-0.05, 0) is 19.1 Å². The minimum Gasteiger partial charge on any atom is -0.373 e. The molecule has 0 spiro atoms. The van der Waals surface area contributed by atoms with Crippen molar-refractivity contribution in [3.63, 3.8) is 0 Å². The minimum absolute atomic E-state index is 0.114. The summed E-state index contributed by atoms with van der Waals surface area (Å²) >= 11 is 0. The van der Waals surface area contributed by atoms with Gasteiger partial charge in [0.2, 0.25) is 0 Å². The first-order valence-corrected chi connectivity index (χ1v) is 5.94. The molecule has 0 radical (unpaired) electrons. The van der Waals surface area contributed by atoms with Gasteiger partial charge in [0.05, 0.1) is 11.0 Å². The average Bonchev–Trinajstić information content (AvgIpc) is 2.42. The van der Waals surface area contributed by atoms with Crippen molar-refractivity contribution in [3.05, 3.63) is 69.8 Å². The Morgan fingerprint density at radius 2 is 1.85 bits per heavy atom. The van der Waals surface area contributed by atoms with Gasteiger partial charge in [-0.2, -0.15) is 0 Å². The lowest BCUT2D eigenvalue weighted by Gasteiger charge is -2.16. The van der Waals surface area contributed by atoms with E-state index in [0.717, 1.165) is 6.07 Å². The number of benzene rings is 2. The summed E-state index contributed by atoms with van der Waals surface area (Å²) in [4.78, 5) is 10.4. The number of anilines is 1. The molecule has 0 saturated carbocycles. The lowest BCUT2D eigenvalue weighted by molar-refractivity contribution is -0.384. The van der Waals surface area contributed by atoms with E-state index in [1.807, 2.05) is 0 Å². The predicted molar refractivity (Wildman–Crippen MR) is 71.5 cm³/mol. The van der Waals surface area contributed by atoms with Crippen LogP contribution in [0.1, 0.15) is 18.5 Å². The molecule has 20 heavy (non-hydrogen) atoms. The van der Waals surface area contributed by atoms with Gasteiger partial charge in [0, 0.05) is 11.6 Å². The van der Waals surface area contributed by atoms with Gasteiger partial charge in [-0.15, -0.1) is 0 Å². The van der Waals surface area contributed by atoms with Gasteiger partial charge in [0.25, 0.3) is 5.69 Å². The topological polar surface area (TPSA) is 55.2 Å². The van der Waals surface area contributed by atoms with Crippen LogP contribution in [0, 0.1) is 21.7 Å². The summed E-state index contributed by atoms with van der Waals surface area (Å²) in [6, 6.07) is 9.28. The maximum Gasteiger partial charge on any atom is 0.292 e. The normalized spacial score (nSPS) is 11.9. The highest BCUT2D eigenvalue weighted by atomic mass is 19.2. The number of nitro benzene ring substituents is 1. The van der Waals surface area contributed by atoms with Crippen molar-refractivity contribution < 1.29 is 13.7 Å². The summed E-state index contributed by atoms with van der Waals surface area (Å²) in [6.45, 7) is 1.61. The Balaban J connectivity index is 2.30. The Bertz CT molecular complexity index is 647. The van der Waals surface area contributed by atoms with Crippen LogP contribution in [0.2, 0.25) is 0 Å². The molecule has 6 heteroatoms. The van der Waals surface area contributed by atoms with Crippen molar-refractivity contribution in [3.8, 4) is 0 Å². The van der Waals surface area contributed by atoms with Gasteiger partial charge in [0.15, 0.2) is 11.6 Å². The summed E-state index contributed by atoms with van der Waals surface area (Å²) in [6.07, 6.45) is 0. The molecule has 1 N–H and O–H groups in total. The average molecular weight is 278 g/mol. The van der Waals surface area contributed by atoms with Gasteiger partial charge >= 0.3 is 0 Å². The molecule has 0 aromatic heterocycles. The number of rotatable bonds is 4. The van der Waals surface area contributed by atoms with Gasteiger partial charge in [0.1, 0.15) is 5.69 Å². The molecule has 2 rings (SSSR count). The molecule has 104 valence electrons. The predicted octanol–water partition coefficient (Wildman–Crippen LogP) is 4.05. The van der Waals surface area contributed by atoms with E-state index in [0.29, 0.717) is 0 Å². The number of hydrogen-bond acceptors (Lipinski definition) is 3. The van der Waals surface area contributed by atoms with Crippen molar-refractivity contribution in [2.75, 3.05) is 5.32 Å². The number of nitrogens with zero attached hydrogens (tertiary/aromatic N) is 1. The molecule has 0 bridgehead atoms. The van der Waals surface area contributed by atoms with Gasteiger partial charge in [-0.3, -0.25) is 10.1 Å². The van der Waals surface area contributed by atoms with Gasteiger partial charge in [-0.1, -0.05) is 24.3 Å². The molecule has 1 unspecified atom stereocenters. The van der Waals surface area contributed by atoms with Crippen LogP contribution in [0.4, 0.5) is 20.2 Å². The zero-order valence-electron chi connectivity index (χ0n) is 10.6. The zero-order chi connectivity index (χ0) is 14.7. The number of halogens is 2. The fourth-order valence-corrected chi connectivity index (χ4v) is 1.92. The molecule has 4 nitrogen and oxygen atoms in total. The van der Waals surface area contributed by atoms with E-state index < -0.39 is 22.6 Å². The summed E-state index contributed by atoms with van der Waals surface area (Å²) in [5.41, 5.74) is 0.257. The molecular formula is C14H12F2N2O2. The molecule has 0 saturated heterocycles. The van der Waals surface area contributed by atoms with E-state index in [-0.39, 0.29) is 16.9 Å². The highest BCUT2D eigenvalue weighted by molar-refractivity contribution is 5.62. The maximum absolute atomic E-state index is 13.7. The first-order valence-electron chi connectivity index (χ1n) is 5.94. The van der Waals surface area contributed by atoms with Gasteiger partial charge in [-0.25, -0.2) is 8.78 Å². The van der Waals surface area contributed by atoms with Crippen molar-refractivity contribution in [2.24, 2.45) is 0 Å². The third-order valence-corrected chi connectivity index (χ3v) is 2.92. The molecule has 2 aromatic rings. The largest absolute Gasteiger partial charge is 0.373 e. The fraction of sp³-hybridized carbons (Fsp3) is 0.143. The molecule has 0 aliphatic rings. The van der Waals surface area contributed by atoms with Crippen LogP contribution >= 0.6 is 0 Å². The Morgan fingerprint density at radius 1 is 1.15 bits per heavy atom. The Labute approximate surface area is 114 Å². The Morgan fingerprint density at radius 3 is 2.55 bits per heavy atom.